The Bertz CT molecular complexity index is 1700. The molecule has 1 unspecified atom stereocenters. The highest BCUT2D eigenvalue weighted by Crippen LogP contribution is 2.26. The molecule has 0 aliphatic rings. The number of aromatic nitrogens is 5. The Morgan fingerprint density at radius 2 is 1.82 bits per heavy atom. The summed E-state index contributed by atoms with van der Waals surface area (Å²) in [4.78, 5) is 26.0. The predicted octanol–water partition coefficient (Wildman–Crippen LogP) is 4.49. The molecular weight excluding hydrogens is 519 g/mol. The molecule has 1 atom stereocenters. The van der Waals surface area contributed by atoms with E-state index in [4.69, 9.17) is 5.73 Å². The van der Waals surface area contributed by atoms with E-state index >= 15 is 0 Å². The molecule has 5 aromatic rings. The van der Waals surface area contributed by atoms with Crippen molar-refractivity contribution in [3.05, 3.63) is 96.2 Å². The van der Waals surface area contributed by atoms with Crippen molar-refractivity contribution in [2.75, 3.05) is 22.6 Å². The molecule has 0 aliphatic heterocycles. The van der Waals surface area contributed by atoms with Gasteiger partial charge in [-0.15, -0.1) is 0 Å². The molecule has 2 aromatic carbocycles. The van der Waals surface area contributed by atoms with Crippen LogP contribution in [0.3, 0.4) is 0 Å². The lowest BCUT2D eigenvalue weighted by molar-refractivity contribution is 0.102. The maximum absolute atomic E-state index is 13.4. The number of nitrogens with one attached hydrogen (secondary N) is 2. The molecule has 10 nitrogen and oxygen atoms in total. The van der Waals surface area contributed by atoms with Gasteiger partial charge in [-0.2, -0.15) is 5.10 Å². The monoisotopic (exact) mass is 542 g/mol. The van der Waals surface area contributed by atoms with Gasteiger partial charge in [0, 0.05) is 41.7 Å². The zero-order valence-corrected chi connectivity index (χ0v) is 21.7. The number of amides is 1. The first-order valence-electron chi connectivity index (χ1n) is 11.7. The lowest BCUT2D eigenvalue weighted by Gasteiger charge is -2.12. The van der Waals surface area contributed by atoms with E-state index < -0.39 is 22.5 Å². The summed E-state index contributed by atoms with van der Waals surface area (Å²) in [7, 11) is -1.44. The second-order valence-electron chi connectivity index (χ2n) is 8.52. The summed E-state index contributed by atoms with van der Waals surface area (Å²) in [5.74, 6) is -0.205. The number of rotatable bonds is 7. The minimum atomic E-state index is -1.44. The van der Waals surface area contributed by atoms with Crippen molar-refractivity contribution >= 4 is 39.8 Å². The van der Waals surface area contributed by atoms with E-state index in [0.717, 1.165) is 5.56 Å². The highest BCUT2D eigenvalue weighted by Gasteiger charge is 2.18. The second-order valence-corrected chi connectivity index (χ2v) is 9.85. The highest BCUT2D eigenvalue weighted by molar-refractivity contribution is 7.84. The molecule has 0 aliphatic carbocycles. The Morgan fingerprint density at radius 3 is 2.56 bits per heavy atom. The van der Waals surface area contributed by atoms with Gasteiger partial charge >= 0.3 is 0 Å². The van der Waals surface area contributed by atoms with Gasteiger partial charge in [-0.25, -0.2) is 24.0 Å². The number of anilines is 4. The van der Waals surface area contributed by atoms with Gasteiger partial charge in [-0.1, -0.05) is 6.07 Å². The minimum absolute atomic E-state index is 0.0599. The van der Waals surface area contributed by atoms with Gasteiger partial charge in [0.15, 0.2) is 5.69 Å². The molecule has 0 fully saturated rings. The molecule has 0 radical (unpaired) electrons. The fourth-order valence-electron chi connectivity index (χ4n) is 3.80. The third kappa shape index (κ3) is 5.65. The summed E-state index contributed by atoms with van der Waals surface area (Å²) in [6, 6.07) is 17.7. The average molecular weight is 543 g/mol. The summed E-state index contributed by atoms with van der Waals surface area (Å²) < 4.78 is 27.0. The molecule has 39 heavy (non-hydrogen) atoms. The number of nitrogen functional groups attached to an aromatic ring is 1. The summed E-state index contributed by atoms with van der Waals surface area (Å²) in [6.45, 7) is 1.91. The van der Waals surface area contributed by atoms with Crippen LogP contribution in [0.4, 0.5) is 27.5 Å². The first-order chi connectivity index (χ1) is 18.8. The SMILES string of the molecule is Cc1ccc(NC(=O)c2cc(S(C)=O)n(-c3ccc(F)cc3)n2)cc1Nc1nccc(-c2cccnc2N)n1. The topological polar surface area (TPSA) is 141 Å². The Kier molecular flexibility index (Phi) is 7.10. The standard InChI is InChI=1S/C27H23FN8O2S/c1-16-5-8-18(14-22(16)34-27-31-13-11-21(33-27)20-4-3-12-30-25(20)29)32-26(37)23-15-24(39(2)38)36(35-23)19-9-6-17(28)7-10-19/h3-15H,1-2H3,(H2,29,30)(H,32,37)(H,31,33,34). The van der Waals surface area contributed by atoms with Gasteiger partial charge in [0.05, 0.1) is 22.2 Å². The molecule has 12 heteroatoms. The molecule has 3 aromatic heterocycles. The van der Waals surface area contributed by atoms with Gasteiger partial charge in [0.1, 0.15) is 16.7 Å². The van der Waals surface area contributed by atoms with Crippen LogP contribution >= 0.6 is 0 Å². The van der Waals surface area contributed by atoms with Crippen LogP contribution in [0.25, 0.3) is 16.9 Å². The summed E-state index contributed by atoms with van der Waals surface area (Å²) in [6.07, 6.45) is 4.71. The molecule has 3 heterocycles. The summed E-state index contributed by atoms with van der Waals surface area (Å²) >= 11 is 0. The fourth-order valence-corrected chi connectivity index (χ4v) is 4.47. The first kappa shape index (κ1) is 25.7. The summed E-state index contributed by atoms with van der Waals surface area (Å²) in [5, 5.41) is 10.6. The zero-order chi connectivity index (χ0) is 27.5. The molecule has 0 bridgehead atoms. The third-order valence-electron chi connectivity index (χ3n) is 5.79. The van der Waals surface area contributed by atoms with E-state index in [1.54, 1.807) is 36.7 Å². The number of hydrogen-bond acceptors (Lipinski definition) is 8. The van der Waals surface area contributed by atoms with Crippen molar-refractivity contribution in [3.63, 3.8) is 0 Å². The van der Waals surface area contributed by atoms with E-state index in [-0.39, 0.29) is 5.69 Å². The number of benzene rings is 2. The largest absolute Gasteiger partial charge is 0.383 e. The smallest absolute Gasteiger partial charge is 0.276 e. The van der Waals surface area contributed by atoms with Crippen molar-refractivity contribution < 1.29 is 13.4 Å². The van der Waals surface area contributed by atoms with Crippen LogP contribution in [0.1, 0.15) is 16.1 Å². The number of hydrogen-bond donors (Lipinski definition) is 3. The van der Waals surface area contributed by atoms with E-state index in [9.17, 15) is 13.4 Å². The molecule has 0 saturated heterocycles. The van der Waals surface area contributed by atoms with Crippen LogP contribution in [0, 0.1) is 12.7 Å². The minimum Gasteiger partial charge on any atom is -0.383 e. The van der Waals surface area contributed by atoms with Crippen molar-refractivity contribution in [2.45, 2.75) is 11.9 Å². The van der Waals surface area contributed by atoms with Crippen LogP contribution in [0.15, 0.2) is 84.1 Å². The summed E-state index contributed by atoms with van der Waals surface area (Å²) in [5.41, 5.74) is 9.90. The van der Waals surface area contributed by atoms with Crippen LogP contribution < -0.4 is 16.4 Å². The molecule has 4 N–H and O–H groups in total. The predicted molar refractivity (Wildman–Crippen MR) is 148 cm³/mol. The van der Waals surface area contributed by atoms with E-state index in [0.29, 0.717) is 45.1 Å². The lowest BCUT2D eigenvalue weighted by atomic mass is 10.1. The molecule has 1 amide bonds. The van der Waals surface area contributed by atoms with E-state index in [1.807, 2.05) is 19.1 Å². The van der Waals surface area contributed by atoms with Crippen LogP contribution in [0.5, 0.6) is 0 Å². The number of carbonyl (C=O) groups is 1. The zero-order valence-electron chi connectivity index (χ0n) is 20.9. The van der Waals surface area contributed by atoms with E-state index in [2.05, 4.69) is 30.7 Å². The van der Waals surface area contributed by atoms with Gasteiger partial charge in [-0.3, -0.25) is 9.00 Å². The number of aryl methyl sites for hydroxylation is 1. The molecule has 0 saturated carbocycles. The Labute approximate surface area is 225 Å². The van der Waals surface area contributed by atoms with Crippen LogP contribution in [-0.4, -0.2) is 41.1 Å². The molecule has 0 spiro atoms. The van der Waals surface area contributed by atoms with E-state index in [1.165, 1.54) is 41.3 Å². The maximum Gasteiger partial charge on any atom is 0.276 e. The fraction of sp³-hybridized carbons (Fsp3) is 0.0741. The van der Waals surface area contributed by atoms with Crippen molar-refractivity contribution in [1.29, 1.82) is 0 Å². The number of pyridine rings is 1. The molecule has 196 valence electrons. The van der Waals surface area contributed by atoms with Gasteiger partial charge in [0.2, 0.25) is 5.95 Å². The maximum atomic E-state index is 13.4. The Hall–Kier alpha value is -4.97. The Balaban J connectivity index is 1.38. The highest BCUT2D eigenvalue weighted by atomic mass is 32.2. The first-order valence-corrected chi connectivity index (χ1v) is 13.3. The Morgan fingerprint density at radius 1 is 1.03 bits per heavy atom. The lowest BCUT2D eigenvalue weighted by Crippen LogP contribution is -2.13. The number of nitrogens with zero attached hydrogens (tertiary/aromatic N) is 5. The van der Waals surface area contributed by atoms with Gasteiger partial charge in [0.25, 0.3) is 5.91 Å². The normalized spacial score (nSPS) is 11.7. The third-order valence-corrected chi connectivity index (χ3v) is 6.67. The van der Waals surface area contributed by atoms with Crippen LogP contribution in [0.2, 0.25) is 0 Å². The molecular formula is C27H23FN8O2S. The van der Waals surface area contributed by atoms with Crippen molar-refractivity contribution in [3.8, 4) is 16.9 Å². The van der Waals surface area contributed by atoms with Gasteiger partial charge < -0.3 is 16.4 Å². The molecule has 5 rings (SSSR count). The number of nitrogens with two attached hydrogens (primary N) is 1. The van der Waals surface area contributed by atoms with Crippen LogP contribution in [-0.2, 0) is 10.8 Å². The average Bonchev–Trinajstić information content (AvgIpc) is 3.38. The second kappa shape index (κ2) is 10.8. The number of halogens is 1. The van der Waals surface area contributed by atoms with Crippen molar-refractivity contribution in [1.82, 2.24) is 24.7 Å². The van der Waals surface area contributed by atoms with Crippen molar-refractivity contribution in [2.24, 2.45) is 0 Å². The quantitative estimate of drug-likeness (QED) is 0.273. The van der Waals surface area contributed by atoms with Gasteiger partial charge in [-0.05, 0) is 67.1 Å². The number of carbonyl (C=O) groups excluding carboxylic acids is 1.